The lowest BCUT2D eigenvalue weighted by atomic mass is 9.96. The van der Waals surface area contributed by atoms with E-state index in [1.54, 1.807) is 0 Å². The van der Waals surface area contributed by atoms with Crippen LogP contribution in [-0.4, -0.2) is 47.0 Å². The van der Waals surface area contributed by atoms with E-state index in [1.807, 2.05) is 14.1 Å². The van der Waals surface area contributed by atoms with Crippen LogP contribution in [0.4, 0.5) is 24.8 Å². The average molecular weight is 466 g/mol. The molecular weight excluding hydrogens is 443 g/mol. The van der Waals surface area contributed by atoms with E-state index in [1.165, 1.54) is 12.1 Å². The number of likely N-dealkylation sites (N-methyl/N-ethyl adjacent to an activating group) is 1. The van der Waals surface area contributed by atoms with Gasteiger partial charge in [0.1, 0.15) is 11.3 Å². The zero-order valence-corrected chi connectivity index (χ0v) is 18.4. The topological polar surface area (TPSA) is 73.1 Å². The van der Waals surface area contributed by atoms with Gasteiger partial charge in [-0.05, 0) is 51.2 Å². The largest absolute Gasteiger partial charge is 0.354 e. The molecule has 1 aromatic heterocycles. The molecule has 0 aliphatic heterocycles. The van der Waals surface area contributed by atoms with E-state index >= 15 is 0 Å². The highest BCUT2D eigenvalue weighted by atomic mass is 35.5. The maximum atomic E-state index is 14.4. The Hall–Kier alpha value is -2.78. The second kappa shape index (κ2) is 8.63. The summed E-state index contributed by atoms with van der Waals surface area (Å²) in [5.41, 5.74) is -0.192. The first-order valence-electron chi connectivity index (χ1n) is 10.3. The van der Waals surface area contributed by atoms with Crippen molar-refractivity contribution in [1.82, 2.24) is 14.9 Å². The Morgan fingerprint density at radius 1 is 1.19 bits per heavy atom. The number of H-pyrrole nitrogens is 1. The number of rotatable bonds is 6. The molecule has 2 aromatic carbocycles. The lowest BCUT2D eigenvalue weighted by molar-refractivity contribution is 0.102. The molecule has 1 amide bonds. The SMILES string of the molecule is CN(C)C1(CNc2nc3c(F)c(F)cc(C(=O)Nc4ccc(F)c(Cl)c4)c3[nH]2)CCCC1. The van der Waals surface area contributed by atoms with Gasteiger partial charge in [-0.25, -0.2) is 18.2 Å². The van der Waals surface area contributed by atoms with Gasteiger partial charge in [-0.3, -0.25) is 4.79 Å². The van der Waals surface area contributed by atoms with E-state index < -0.39 is 23.4 Å². The molecule has 0 bridgehead atoms. The van der Waals surface area contributed by atoms with Gasteiger partial charge in [-0.1, -0.05) is 24.4 Å². The lowest BCUT2D eigenvalue weighted by Gasteiger charge is -2.36. The monoisotopic (exact) mass is 465 g/mol. The van der Waals surface area contributed by atoms with Crippen LogP contribution in [-0.2, 0) is 0 Å². The Morgan fingerprint density at radius 3 is 2.56 bits per heavy atom. The molecule has 0 spiro atoms. The number of fused-ring (bicyclic) bond motifs is 1. The van der Waals surface area contributed by atoms with Crippen LogP contribution in [0.25, 0.3) is 11.0 Å². The summed E-state index contributed by atoms with van der Waals surface area (Å²) in [7, 11) is 4.04. The zero-order valence-electron chi connectivity index (χ0n) is 17.7. The normalized spacial score (nSPS) is 15.5. The summed E-state index contributed by atoms with van der Waals surface area (Å²) < 4.78 is 42.0. The molecule has 10 heteroatoms. The van der Waals surface area contributed by atoms with Crippen LogP contribution >= 0.6 is 11.6 Å². The van der Waals surface area contributed by atoms with Crippen LogP contribution in [0.5, 0.6) is 0 Å². The highest BCUT2D eigenvalue weighted by molar-refractivity contribution is 6.31. The molecule has 1 saturated carbocycles. The number of aromatic nitrogens is 2. The molecule has 6 nitrogen and oxygen atoms in total. The van der Waals surface area contributed by atoms with Gasteiger partial charge in [0.2, 0.25) is 5.95 Å². The fraction of sp³-hybridized carbons (Fsp3) is 0.364. The summed E-state index contributed by atoms with van der Waals surface area (Å²) in [6, 6.07) is 4.45. The van der Waals surface area contributed by atoms with Crippen LogP contribution in [0.2, 0.25) is 5.02 Å². The first kappa shape index (κ1) is 22.4. The molecule has 170 valence electrons. The van der Waals surface area contributed by atoms with Crippen molar-refractivity contribution in [1.29, 1.82) is 0 Å². The minimum atomic E-state index is -1.20. The summed E-state index contributed by atoms with van der Waals surface area (Å²) in [6.07, 6.45) is 4.28. The van der Waals surface area contributed by atoms with E-state index in [-0.39, 0.29) is 38.8 Å². The number of amides is 1. The Labute approximate surface area is 188 Å². The molecule has 3 aromatic rings. The van der Waals surface area contributed by atoms with Gasteiger partial charge in [0.25, 0.3) is 5.91 Å². The Balaban J connectivity index is 1.63. The molecule has 1 fully saturated rings. The predicted octanol–water partition coefficient (Wildman–Crippen LogP) is 5.17. The highest BCUT2D eigenvalue weighted by Gasteiger charge is 2.36. The zero-order chi connectivity index (χ0) is 23.0. The summed E-state index contributed by atoms with van der Waals surface area (Å²) >= 11 is 5.75. The van der Waals surface area contributed by atoms with E-state index in [4.69, 9.17) is 11.6 Å². The predicted molar refractivity (Wildman–Crippen MR) is 119 cm³/mol. The number of nitrogens with zero attached hydrogens (tertiary/aromatic N) is 2. The minimum Gasteiger partial charge on any atom is -0.354 e. The molecule has 1 aliphatic carbocycles. The van der Waals surface area contributed by atoms with Crippen molar-refractivity contribution in [3.8, 4) is 0 Å². The second-order valence-electron chi connectivity index (χ2n) is 8.29. The lowest BCUT2D eigenvalue weighted by Crippen LogP contribution is -2.47. The Bertz CT molecular complexity index is 1170. The molecule has 1 heterocycles. The molecule has 0 atom stereocenters. The van der Waals surface area contributed by atoms with Gasteiger partial charge in [-0.15, -0.1) is 0 Å². The number of halogens is 4. The number of benzene rings is 2. The fourth-order valence-electron chi connectivity index (χ4n) is 4.20. The summed E-state index contributed by atoms with van der Waals surface area (Å²) in [5.74, 6) is -3.45. The van der Waals surface area contributed by atoms with Crippen LogP contribution in [0.15, 0.2) is 24.3 Å². The molecule has 0 saturated heterocycles. The van der Waals surface area contributed by atoms with Crippen molar-refractivity contribution >= 4 is 40.2 Å². The Morgan fingerprint density at radius 2 is 1.91 bits per heavy atom. The van der Waals surface area contributed by atoms with Crippen molar-refractivity contribution in [2.24, 2.45) is 0 Å². The van der Waals surface area contributed by atoms with Gasteiger partial charge in [0, 0.05) is 17.8 Å². The van der Waals surface area contributed by atoms with Crippen LogP contribution < -0.4 is 10.6 Å². The maximum absolute atomic E-state index is 14.4. The molecule has 0 radical (unpaired) electrons. The number of hydrogen-bond acceptors (Lipinski definition) is 4. The third kappa shape index (κ3) is 4.14. The smallest absolute Gasteiger partial charge is 0.257 e. The molecule has 3 N–H and O–H groups in total. The standard InChI is InChI=1S/C22H23ClF3N5O/c1-31(2)22(7-3-4-8-22)11-27-21-29-18-13(10-16(25)17(26)19(18)30-21)20(32)28-12-5-6-15(24)14(23)9-12/h5-6,9-10H,3-4,7-8,11H2,1-2H3,(H,28,32)(H2,27,29,30). The van der Waals surface area contributed by atoms with Gasteiger partial charge >= 0.3 is 0 Å². The van der Waals surface area contributed by atoms with E-state index in [2.05, 4.69) is 25.5 Å². The number of aromatic amines is 1. The minimum absolute atomic E-state index is 0.0508. The number of carbonyl (C=O) groups excluding carboxylic acids is 1. The number of nitrogens with one attached hydrogen (secondary N) is 3. The first-order valence-corrected chi connectivity index (χ1v) is 10.6. The number of carbonyl (C=O) groups is 1. The second-order valence-corrected chi connectivity index (χ2v) is 8.70. The van der Waals surface area contributed by atoms with Crippen molar-refractivity contribution in [2.45, 2.75) is 31.2 Å². The van der Waals surface area contributed by atoms with Crippen LogP contribution in [0.3, 0.4) is 0 Å². The molecular formula is C22H23ClF3N5O. The molecule has 0 unspecified atom stereocenters. The van der Waals surface area contributed by atoms with Crippen molar-refractivity contribution < 1.29 is 18.0 Å². The maximum Gasteiger partial charge on any atom is 0.257 e. The van der Waals surface area contributed by atoms with E-state index in [0.29, 0.717) is 6.54 Å². The number of hydrogen-bond donors (Lipinski definition) is 3. The molecule has 32 heavy (non-hydrogen) atoms. The number of imidazole rings is 1. The average Bonchev–Trinajstić information content (AvgIpc) is 3.40. The van der Waals surface area contributed by atoms with Gasteiger partial charge in [-0.2, -0.15) is 0 Å². The third-order valence-electron chi connectivity index (χ3n) is 6.15. The van der Waals surface area contributed by atoms with Crippen molar-refractivity contribution in [3.05, 3.63) is 52.3 Å². The fourth-order valence-corrected chi connectivity index (χ4v) is 4.38. The molecule has 1 aliphatic rings. The van der Waals surface area contributed by atoms with Crippen molar-refractivity contribution in [3.63, 3.8) is 0 Å². The van der Waals surface area contributed by atoms with Gasteiger partial charge in [0.05, 0.1) is 16.1 Å². The quantitative estimate of drug-likeness (QED) is 0.469. The van der Waals surface area contributed by atoms with Crippen LogP contribution in [0.1, 0.15) is 36.0 Å². The van der Waals surface area contributed by atoms with Gasteiger partial charge in [0.15, 0.2) is 11.6 Å². The van der Waals surface area contributed by atoms with E-state index in [9.17, 15) is 18.0 Å². The third-order valence-corrected chi connectivity index (χ3v) is 6.44. The van der Waals surface area contributed by atoms with Crippen LogP contribution in [0, 0.1) is 17.5 Å². The van der Waals surface area contributed by atoms with Crippen molar-refractivity contribution in [2.75, 3.05) is 31.3 Å². The first-order chi connectivity index (χ1) is 15.2. The molecule has 4 rings (SSSR count). The summed E-state index contributed by atoms with van der Waals surface area (Å²) in [4.78, 5) is 22.0. The van der Waals surface area contributed by atoms with Gasteiger partial charge < -0.3 is 20.5 Å². The summed E-state index contributed by atoms with van der Waals surface area (Å²) in [6.45, 7) is 0.569. The summed E-state index contributed by atoms with van der Waals surface area (Å²) in [5, 5.41) is 5.53. The van der Waals surface area contributed by atoms with E-state index in [0.717, 1.165) is 37.8 Å². The number of anilines is 2. The Kier molecular flexibility index (Phi) is 6.05. The highest BCUT2D eigenvalue weighted by Crippen LogP contribution is 2.34.